The highest BCUT2D eigenvalue weighted by atomic mass is 16.1. The molecule has 0 bridgehead atoms. The highest BCUT2D eigenvalue weighted by molar-refractivity contribution is 5.33. The third-order valence-corrected chi connectivity index (χ3v) is 3.60. The van der Waals surface area contributed by atoms with Crippen molar-refractivity contribution in [3.63, 3.8) is 0 Å². The third kappa shape index (κ3) is 2.68. The molecule has 0 aromatic heterocycles. The Balaban J connectivity index is 2.82. The molecular weight excluding hydrogens is 204 g/mol. The highest BCUT2D eigenvalue weighted by Crippen LogP contribution is 2.33. The van der Waals surface area contributed by atoms with Crippen molar-refractivity contribution in [2.75, 3.05) is 27.7 Å². The summed E-state index contributed by atoms with van der Waals surface area (Å²) in [6.45, 7) is 0.467. The van der Waals surface area contributed by atoms with Gasteiger partial charge in [-0.05, 0) is 46.8 Å². The molecule has 0 spiro atoms. The zero-order valence-corrected chi connectivity index (χ0v) is 10.3. The Labute approximate surface area is 97.1 Å². The first kappa shape index (κ1) is 13.3. The van der Waals surface area contributed by atoms with Crippen LogP contribution >= 0.6 is 0 Å². The molecule has 1 aliphatic carbocycles. The summed E-state index contributed by atoms with van der Waals surface area (Å²) < 4.78 is 0. The summed E-state index contributed by atoms with van der Waals surface area (Å²) >= 11 is 0. The molecule has 5 nitrogen and oxygen atoms in total. The van der Waals surface area contributed by atoms with Crippen molar-refractivity contribution in [1.29, 1.82) is 0 Å². The molecule has 0 aromatic carbocycles. The van der Waals surface area contributed by atoms with Crippen molar-refractivity contribution in [1.82, 2.24) is 16.0 Å². The summed E-state index contributed by atoms with van der Waals surface area (Å²) in [6.07, 6.45) is 6.61. The van der Waals surface area contributed by atoms with E-state index in [0.717, 1.165) is 19.3 Å². The smallest absolute Gasteiger partial charge is 0.235 e. The second kappa shape index (κ2) is 5.55. The lowest BCUT2D eigenvalue weighted by atomic mass is 9.75. The fraction of sp³-hybridized carbons (Fsp3) is 0.818. The number of isocyanates is 1. The van der Waals surface area contributed by atoms with E-state index in [9.17, 15) is 4.79 Å². The SMILES string of the molecule is CNC1(CN=C=O)C[CH]CC(NC)(NC)C1. The highest BCUT2D eigenvalue weighted by Gasteiger charge is 2.42. The van der Waals surface area contributed by atoms with Crippen LogP contribution in [0.4, 0.5) is 0 Å². The minimum atomic E-state index is -0.151. The van der Waals surface area contributed by atoms with Crippen LogP contribution in [0, 0.1) is 6.42 Å². The molecule has 1 atom stereocenters. The molecule has 0 amide bonds. The van der Waals surface area contributed by atoms with Crippen LogP contribution in [0.15, 0.2) is 4.99 Å². The molecule has 16 heavy (non-hydrogen) atoms. The van der Waals surface area contributed by atoms with E-state index >= 15 is 0 Å². The molecule has 0 aliphatic heterocycles. The Morgan fingerprint density at radius 1 is 1.25 bits per heavy atom. The van der Waals surface area contributed by atoms with E-state index in [1.807, 2.05) is 21.1 Å². The quantitative estimate of drug-likeness (QED) is 0.344. The number of carbonyl (C=O) groups excluding carboxylic acids is 1. The minimum absolute atomic E-state index is 0.111. The van der Waals surface area contributed by atoms with Gasteiger partial charge in [-0.3, -0.25) is 0 Å². The van der Waals surface area contributed by atoms with Crippen LogP contribution in [0.1, 0.15) is 19.3 Å². The maximum Gasteiger partial charge on any atom is 0.235 e. The molecule has 0 heterocycles. The zero-order chi connectivity index (χ0) is 12.1. The van der Waals surface area contributed by atoms with Crippen molar-refractivity contribution >= 4 is 6.08 Å². The molecule has 1 radical (unpaired) electrons. The lowest BCUT2D eigenvalue weighted by Crippen LogP contribution is -2.64. The second-order valence-corrected chi connectivity index (χ2v) is 4.39. The number of hydrogen-bond acceptors (Lipinski definition) is 5. The Bertz CT molecular complexity index is 271. The predicted octanol–water partition coefficient (Wildman–Crippen LogP) is -0.196. The van der Waals surface area contributed by atoms with E-state index in [1.165, 1.54) is 0 Å². The summed E-state index contributed by atoms with van der Waals surface area (Å²) in [7, 11) is 5.80. The van der Waals surface area contributed by atoms with Crippen LogP contribution in [0.3, 0.4) is 0 Å². The molecule has 91 valence electrons. The van der Waals surface area contributed by atoms with Crippen molar-refractivity contribution in [2.45, 2.75) is 30.5 Å². The first-order chi connectivity index (χ1) is 7.66. The van der Waals surface area contributed by atoms with Gasteiger partial charge in [-0.1, -0.05) is 0 Å². The Kier molecular flexibility index (Phi) is 4.62. The number of hydrogen-bond donors (Lipinski definition) is 3. The maximum absolute atomic E-state index is 10.2. The topological polar surface area (TPSA) is 65.5 Å². The van der Waals surface area contributed by atoms with Gasteiger partial charge in [0.2, 0.25) is 6.08 Å². The molecule has 0 saturated heterocycles. The van der Waals surface area contributed by atoms with Crippen molar-refractivity contribution in [3.8, 4) is 0 Å². The van der Waals surface area contributed by atoms with Gasteiger partial charge in [-0.25, -0.2) is 9.79 Å². The van der Waals surface area contributed by atoms with Gasteiger partial charge in [-0.2, -0.15) is 0 Å². The molecule has 1 rings (SSSR count). The van der Waals surface area contributed by atoms with Crippen LogP contribution in [0.25, 0.3) is 0 Å². The largest absolute Gasteiger partial charge is 0.312 e. The standard InChI is InChI=1S/C11H21N4O/c1-12-10(8-15-9-16)5-4-6-11(7-10,13-2)14-3/h4,12-14H,5-8H2,1-3H3. The number of aliphatic imine (C=N–C) groups is 1. The van der Waals surface area contributed by atoms with E-state index in [2.05, 4.69) is 27.4 Å². The predicted molar refractivity (Wildman–Crippen MR) is 63.8 cm³/mol. The van der Waals surface area contributed by atoms with Crippen molar-refractivity contribution in [3.05, 3.63) is 6.42 Å². The molecule has 1 fully saturated rings. The van der Waals surface area contributed by atoms with E-state index in [0.29, 0.717) is 6.54 Å². The molecule has 1 unspecified atom stereocenters. The normalized spacial score (nSPS) is 28.4. The van der Waals surface area contributed by atoms with E-state index in [4.69, 9.17) is 0 Å². The molecule has 0 aromatic rings. The van der Waals surface area contributed by atoms with E-state index in [1.54, 1.807) is 6.08 Å². The van der Waals surface area contributed by atoms with Gasteiger partial charge in [-0.15, -0.1) is 0 Å². The monoisotopic (exact) mass is 225 g/mol. The molecule has 1 aliphatic rings. The van der Waals surface area contributed by atoms with Gasteiger partial charge in [0.05, 0.1) is 12.2 Å². The average Bonchev–Trinajstić information content (AvgIpc) is 2.36. The fourth-order valence-electron chi connectivity index (χ4n) is 2.40. The molecular formula is C11H21N4O. The first-order valence-corrected chi connectivity index (χ1v) is 5.58. The fourth-order valence-corrected chi connectivity index (χ4v) is 2.40. The summed E-state index contributed by atoms with van der Waals surface area (Å²) in [5.74, 6) is 0. The van der Waals surface area contributed by atoms with E-state index in [-0.39, 0.29) is 11.2 Å². The van der Waals surface area contributed by atoms with Gasteiger partial charge >= 0.3 is 0 Å². The summed E-state index contributed by atoms with van der Waals surface area (Å²) in [5.41, 5.74) is -0.263. The number of likely N-dealkylation sites (N-methyl/N-ethyl adjacent to an activating group) is 1. The van der Waals surface area contributed by atoms with Gasteiger partial charge < -0.3 is 16.0 Å². The first-order valence-electron chi connectivity index (χ1n) is 5.58. The van der Waals surface area contributed by atoms with Crippen LogP contribution in [-0.2, 0) is 4.79 Å². The second-order valence-electron chi connectivity index (χ2n) is 4.39. The Morgan fingerprint density at radius 2 is 1.94 bits per heavy atom. The van der Waals surface area contributed by atoms with Gasteiger partial charge in [0, 0.05) is 5.54 Å². The lowest BCUT2D eigenvalue weighted by Gasteiger charge is -2.47. The van der Waals surface area contributed by atoms with Gasteiger partial charge in [0.15, 0.2) is 0 Å². The Morgan fingerprint density at radius 3 is 2.44 bits per heavy atom. The number of nitrogens with zero attached hydrogens (tertiary/aromatic N) is 1. The summed E-state index contributed by atoms with van der Waals surface area (Å²) in [6, 6.07) is 0. The summed E-state index contributed by atoms with van der Waals surface area (Å²) in [5, 5.41) is 9.91. The lowest BCUT2D eigenvalue weighted by molar-refractivity contribution is 0.148. The van der Waals surface area contributed by atoms with Crippen LogP contribution in [0.2, 0.25) is 0 Å². The molecule has 1 saturated carbocycles. The third-order valence-electron chi connectivity index (χ3n) is 3.60. The Hall–Kier alpha value is -0.740. The molecule has 3 N–H and O–H groups in total. The van der Waals surface area contributed by atoms with E-state index < -0.39 is 0 Å². The van der Waals surface area contributed by atoms with Crippen molar-refractivity contribution in [2.24, 2.45) is 4.99 Å². The van der Waals surface area contributed by atoms with Gasteiger partial charge in [0.1, 0.15) is 0 Å². The number of nitrogens with one attached hydrogen (secondary N) is 3. The average molecular weight is 225 g/mol. The van der Waals surface area contributed by atoms with Crippen LogP contribution in [-0.4, -0.2) is 45.0 Å². The van der Waals surface area contributed by atoms with Crippen LogP contribution in [0.5, 0.6) is 0 Å². The number of rotatable bonds is 5. The van der Waals surface area contributed by atoms with Crippen molar-refractivity contribution < 1.29 is 4.79 Å². The maximum atomic E-state index is 10.2. The molecule has 5 heteroatoms. The van der Waals surface area contributed by atoms with Crippen LogP contribution < -0.4 is 16.0 Å². The minimum Gasteiger partial charge on any atom is -0.312 e. The summed E-state index contributed by atoms with van der Waals surface area (Å²) in [4.78, 5) is 14.0. The van der Waals surface area contributed by atoms with Gasteiger partial charge in [0.25, 0.3) is 0 Å². The zero-order valence-electron chi connectivity index (χ0n) is 10.3.